The van der Waals surface area contributed by atoms with Gasteiger partial charge in [0.25, 0.3) is 0 Å². The van der Waals surface area contributed by atoms with E-state index in [1.165, 1.54) is 0 Å². The maximum absolute atomic E-state index is 5.95. The summed E-state index contributed by atoms with van der Waals surface area (Å²) in [5.74, 6) is 0.549. The van der Waals surface area contributed by atoms with Crippen LogP contribution in [-0.2, 0) is 11.3 Å². The zero-order valence-corrected chi connectivity index (χ0v) is 12.1. The highest BCUT2D eigenvalue weighted by Crippen LogP contribution is 2.23. The van der Waals surface area contributed by atoms with Crippen molar-refractivity contribution in [2.24, 2.45) is 0 Å². The van der Waals surface area contributed by atoms with Crippen molar-refractivity contribution in [3.8, 4) is 11.3 Å². The molecule has 21 heavy (non-hydrogen) atoms. The van der Waals surface area contributed by atoms with E-state index >= 15 is 0 Å². The Bertz CT molecular complexity index is 577. The molecule has 1 aliphatic rings. The summed E-state index contributed by atoms with van der Waals surface area (Å²) in [5.41, 5.74) is 7.93. The third-order valence-electron chi connectivity index (χ3n) is 3.80. The third-order valence-corrected chi connectivity index (χ3v) is 3.80. The highest BCUT2D eigenvalue weighted by molar-refractivity contribution is 5.70. The molecule has 1 saturated heterocycles. The third kappa shape index (κ3) is 3.40. The Morgan fingerprint density at radius 3 is 2.90 bits per heavy atom. The fourth-order valence-corrected chi connectivity index (χ4v) is 2.65. The first-order valence-electron chi connectivity index (χ1n) is 7.35. The Balaban J connectivity index is 1.62. The van der Waals surface area contributed by atoms with E-state index in [1.807, 2.05) is 24.7 Å². The summed E-state index contributed by atoms with van der Waals surface area (Å²) in [5, 5.41) is 0. The van der Waals surface area contributed by atoms with Crippen LogP contribution in [0, 0.1) is 0 Å². The van der Waals surface area contributed by atoms with Gasteiger partial charge in [-0.25, -0.2) is 9.97 Å². The predicted molar refractivity (Wildman–Crippen MR) is 81.7 cm³/mol. The number of anilines is 1. The molecular weight excluding hydrogens is 266 g/mol. The molecule has 3 heterocycles. The molecule has 0 unspecified atom stereocenters. The van der Waals surface area contributed by atoms with Crippen molar-refractivity contribution >= 4 is 5.82 Å². The Hall–Kier alpha value is -1.92. The number of rotatable bonds is 5. The van der Waals surface area contributed by atoms with Crippen LogP contribution in [0.25, 0.3) is 11.3 Å². The second-order valence-electron chi connectivity index (χ2n) is 5.22. The maximum Gasteiger partial charge on any atom is 0.132 e. The smallest absolute Gasteiger partial charge is 0.132 e. The molecule has 0 atom stereocenters. The largest absolute Gasteiger partial charge is 0.383 e. The average molecular weight is 287 g/mol. The topological polar surface area (TPSA) is 69.2 Å². The van der Waals surface area contributed by atoms with Crippen molar-refractivity contribution in [1.82, 2.24) is 19.4 Å². The van der Waals surface area contributed by atoms with Gasteiger partial charge in [-0.05, 0) is 18.6 Å². The standard InChI is InChI=1S/C15H21N5O/c16-15-13(3-1-4-18-15)14-11-17-12-20(14)6-2-5-19-7-9-21-10-8-19/h1,3-4,11-12H,2,5-10H2,(H2,16,18). The van der Waals surface area contributed by atoms with Crippen LogP contribution in [-0.4, -0.2) is 52.3 Å². The van der Waals surface area contributed by atoms with Crippen LogP contribution in [0.4, 0.5) is 5.82 Å². The van der Waals surface area contributed by atoms with E-state index < -0.39 is 0 Å². The minimum absolute atomic E-state index is 0.549. The summed E-state index contributed by atoms with van der Waals surface area (Å²) < 4.78 is 7.51. The Morgan fingerprint density at radius 2 is 2.10 bits per heavy atom. The number of aryl methyl sites for hydroxylation is 1. The van der Waals surface area contributed by atoms with Gasteiger partial charge < -0.3 is 15.0 Å². The first kappa shape index (κ1) is 14.0. The summed E-state index contributed by atoms with van der Waals surface area (Å²) in [6.45, 7) is 5.79. The highest BCUT2D eigenvalue weighted by atomic mass is 16.5. The lowest BCUT2D eigenvalue weighted by atomic mass is 10.2. The zero-order chi connectivity index (χ0) is 14.5. The van der Waals surface area contributed by atoms with Crippen molar-refractivity contribution in [3.63, 3.8) is 0 Å². The molecule has 0 bridgehead atoms. The normalized spacial score (nSPS) is 16.2. The van der Waals surface area contributed by atoms with E-state index in [1.54, 1.807) is 6.20 Å². The molecule has 1 aliphatic heterocycles. The molecule has 0 aliphatic carbocycles. The monoisotopic (exact) mass is 287 g/mol. The summed E-state index contributed by atoms with van der Waals surface area (Å²) in [7, 11) is 0. The van der Waals surface area contributed by atoms with Gasteiger partial charge in [-0.3, -0.25) is 4.90 Å². The van der Waals surface area contributed by atoms with E-state index in [0.29, 0.717) is 5.82 Å². The number of nitrogen functional groups attached to an aromatic ring is 1. The van der Waals surface area contributed by atoms with Crippen LogP contribution in [0.5, 0.6) is 0 Å². The fourth-order valence-electron chi connectivity index (χ4n) is 2.65. The van der Waals surface area contributed by atoms with E-state index in [0.717, 1.165) is 57.1 Å². The molecule has 0 spiro atoms. The number of hydrogen-bond acceptors (Lipinski definition) is 5. The Morgan fingerprint density at radius 1 is 1.24 bits per heavy atom. The van der Waals surface area contributed by atoms with Crippen molar-refractivity contribution in [2.75, 3.05) is 38.6 Å². The van der Waals surface area contributed by atoms with Gasteiger partial charge in [0.1, 0.15) is 5.82 Å². The molecule has 0 radical (unpaired) electrons. The van der Waals surface area contributed by atoms with Gasteiger partial charge in [-0.2, -0.15) is 0 Å². The van der Waals surface area contributed by atoms with Crippen molar-refractivity contribution < 1.29 is 4.74 Å². The van der Waals surface area contributed by atoms with Gasteiger partial charge in [0.2, 0.25) is 0 Å². The number of nitrogens with two attached hydrogens (primary N) is 1. The first-order chi connectivity index (χ1) is 10.3. The van der Waals surface area contributed by atoms with Gasteiger partial charge in [-0.15, -0.1) is 0 Å². The zero-order valence-electron chi connectivity index (χ0n) is 12.1. The van der Waals surface area contributed by atoms with Gasteiger partial charge in [0, 0.05) is 37.9 Å². The van der Waals surface area contributed by atoms with Crippen LogP contribution in [0.2, 0.25) is 0 Å². The Kier molecular flexibility index (Phi) is 4.47. The number of pyridine rings is 1. The first-order valence-corrected chi connectivity index (χ1v) is 7.35. The molecule has 2 aromatic heterocycles. The molecule has 6 heteroatoms. The van der Waals surface area contributed by atoms with Crippen molar-refractivity contribution in [1.29, 1.82) is 0 Å². The Labute approximate surface area is 124 Å². The van der Waals surface area contributed by atoms with Crippen LogP contribution >= 0.6 is 0 Å². The quantitative estimate of drug-likeness (QED) is 0.896. The molecule has 2 aromatic rings. The van der Waals surface area contributed by atoms with E-state index in [9.17, 15) is 0 Å². The van der Waals surface area contributed by atoms with Gasteiger partial charge >= 0.3 is 0 Å². The van der Waals surface area contributed by atoms with E-state index in [4.69, 9.17) is 10.5 Å². The maximum atomic E-state index is 5.95. The van der Waals surface area contributed by atoms with E-state index in [-0.39, 0.29) is 0 Å². The molecule has 2 N–H and O–H groups in total. The summed E-state index contributed by atoms with van der Waals surface area (Å²) in [4.78, 5) is 10.8. The number of hydrogen-bond donors (Lipinski definition) is 1. The lowest BCUT2D eigenvalue weighted by Gasteiger charge is -2.26. The average Bonchev–Trinajstić information content (AvgIpc) is 2.97. The molecule has 0 amide bonds. The van der Waals surface area contributed by atoms with Crippen LogP contribution < -0.4 is 5.73 Å². The fraction of sp³-hybridized carbons (Fsp3) is 0.467. The number of ether oxygens (including phenoxy) is 1. The second kappa shape index (κ2) is 6.69. The molecule has 0 aromatic carbocycles. The molecule has 112 valence electrons. The van der Waals surface area contributed by atoms with Crippen LogP contribution in [0.3, 0.4) is 0 Å². The number of imidazole rings is 1. The van der Waals surface area contributed by atoms with E-state index in [2.05, 4.69) is 19.4 Å². The van der Waals surface area contributed by atoms with Gasteiger partial charge in [-0.1, -0.05) is 0 Å². The predicted octanol–water partition coefficient (Wildman–Crippen LogP) is 1.25. The van der Waals surface area contributed by atoms with Crippen LogP contribution in [0.15, 0.2) is 30.9 Å². The van der Waals surface area contributed by atoms with Crippen molar-refractivity contribution in [3.05, 3.63) is 30.9 Å². The molecule has 1 fully saturated rings. The lowest BCUT2D eigenvalue weighted by molar-refractivity contribution is 0.0369. The highest BCUT2D eigenvalue weighted by Gasteiger charge is 2.11. The summed E-state index contributed by atoms with van der Waals surface area (Å²) >= 11 is 0. The summed E-state index contributed by atoms with van der Waals surface area (Å²) in [6.07, 6.45) is 6.50. The van der Waals surface area contributed by atoms with Gasteiger partial charge in [0.05, 0.1) is 31.4 Å². The van der Waals surface area contributed by atoms with Gasteiger partial charge in [0.15, 0.2) is 0 Å². The number of aromatic nitrogens is 3. The number of morpholine rings is 1. The molecule has 0 saturated carbocycles. The van der Waals surface area contributed by atoms with Crippen molar-refractivity contribution in [2.45, 2.75) is 13.0 Å². The molecule has 6 nitrogen and oxygen atoms in total. The molecule has 3 rings (SSSR count). The minimum atomic E-state index is 0.549. The number of nitrogens with zero attached hydrogens (tertiary/aromatic N) is 4. The second-order valence-corrected chi connectivity index (χ2v) is 5.22. The summed E-state index contributed by atoms with van der Waals surface area (Å²) in [6, 6.07) is 3.88. The molecular formula is C15H21N5O. The minimum Gasteiger partial charge on any atom is -0.383 e. The SMILES string of the molecule is Nc1ncccc1-c1cncn1CCCN1CCOCC1. The lowest BCUT2D eigenvalue weighted by Crippen LogP contribution is -2.37. The van der Waals surface area contributed by atoms with Crippen LogP contribution in [0.1, 0.15) is 6.42 Å².